The quantitative estimate of drug-likeness (QED) is 0.597. The van der Waals surface area contributed by atoms with Crippen molar-refractivity contribution in [2.24, 2.45) is 10.7 Å². The van der Waals surface area contributed by atoms with Gasteiger partial charge in [-0.05, 0) is 67.9 Å². The van der Waals surface area contributed by atoms with Gasteiger partial charge in [0.05, 0.1) is 36.8 Å². The Morgan fingerprint density at radius 2 is 2.11 bits per heavy atom. The van der Waals surface area contributed by atoms with Crippen LogP contribution >= 0.6 is 0 Å². The Kier molecular flexibility index (Phi) is 6.08. The molecule has 4 aliphatic rings. The van der Waals surface area contributed by atoms with Crippen LogP contribution < -0.4 is 11.1 Å². The zero-order valence-electron chi connectivity index (χ0n) is 21.5. The van der Waals surface area contributed by atoms with Gasteiger partial charge in [0.15, 0.2) is 5.96 Å². The highest BCUT2D eigenvalue weighted by atomic mass is 16.5. The summed E-state index contributed by atoms with van der Waals surface area (Å²) in [6, 6.07) is 4.84. The van der Waals surface area contributed by atoms with Crippen molar-refractivity contribution in [2.75, 3.05) is 6.61 Å². The van der Waals surface area contributed by atoms with Gasteiger partial charge in [-0.3, -0.25) is 14.5 Å². The van der Waals surface area contributed by atoms with Gasteiger partial charge in [0.1, 0.15) is 5.60 Å². The average Bonchev–Trinajstić information content (AvgIpc) is 3.15. The number of aliphatic hydroxyl groups is 1. The van der Waals surface area contributed by atoms with Gasteiger partial charge in [0.2, 0.25) is 5.91 Å². The van der Waals surface area contributed by atoms with Gasteiger partial charge >= 0.3 is 0 Å². The Hall–Kier alpha value is -2.97. The molecule has 8 heteroatoms. The predicted molar refractivity (Wildman–Crippen MR) is 137 cm³/mol. The zero-order valence-corrected chi connectivity index (χ0v) is 21.5. The van der Waals surface area contributed by atoms with E-state index in [-0.39, 0.29) is 42.4 Å². The number of fused-ring (bicyclic) bond motifs is 2. The first-order valence-electron chi connectivity index (χ1n) is 12.9. The summed E-state index contributed by atoms with van der Waals surface area (Å²) in [6.07, 6.45) is 8.22. The van der Waals surface area contributed by atoms with Crippen molar-refractivity contribution in [1.82, 2.24) is 10.2 Å². The molecule has 0 aromatic heterocycles. The van der Waals surface area contributed by atoms with Crippen LogP contribution in [0.1, 0.15) is 86.8 Å². The van der Waals surface area contributed by atoms with Crippen molar-refractivity contribution in [3.8, 4) is 0 Å². The van der Waals surface area contributed by atoms with E-state index in [1.165, 1.54) is 0 Å². The second-order valence-electron chi connectivity index (χ2n) is 11.2. The number of ether oxygens (including phenoxy) is 1. The van der Waals surface area contributed by atoms with E-state index < -0.39 is 17.2 Å². The lowest BCUT2D eigenvalue weighted by molar-refractivity contribution is -0.131. The fourth-order valence-corrected chi connectivity index (χ4v) is 5.97. The van der Waals surface area contributed by atoms with Crippen LogP contribution in [0.2, 0.25) is 0 Å². The normalized spacial score (nSPS) is 35.6. The predicted octanol–water partition coefficient (Wildman–Crippen LogP) is 3.09. The third-order valence-electron chi connectivity index (χ3n) is 8.28. The Morgan fingerprint density at radius 1 is 1.33 bits per heavy atom. The van der Waals surface area contributed by atoms with Gasteiger partial charge < -0.3 is 20.9 Å². The number of nitrogens with one attached hydrogen (secondary N) is 1. The number of amides is 2. The van der Waals surface area contributed by atoms with E-state index >= 15 is 0 Å². The lowest BCUT2D eigenvalue weighted by Crippen LogP contribution is -2.60. The zero-order chi connectivity index (χ0) is 25.8. The molecule has 0 spiro atoms. The number of nitrogens with two attached hydrogens (primary N) is 1. The number of carbonyl (C=O) groups is 2. The van der Waals surface area contributed by atoms with Gasteiger partial charge in [-0.1, -0.05) is 38.1 Å². The fraction of sp³-hybridized carbons (Fsp3) is 0.536. The van der Waals surface area contributed by atoms with Crippen molar-refractivity contribution in [3.63, 3.8) is 0 Å². The highest BCUT2D eigenvalue weighted by Gasteiger charge is 2.45. The summed E-state index contributed by atoms with van der Waals surface area (Å²) in [5, 5.41) is 14.1. The van der Waals surface area contributed by atoms with E-state index in [0.717, 1.165) is 36.0 Å². The molecule has 8 nitrogen and oxygen atoms in total. The maximum absolute atomic E-state index is 13.5. The molecule has 0 radical (unpaired) electrons. The molecule has 1 unspecified atom stereocenters. The second kappa shape index (κ2) is 8.85. The SMILES string of the molecule is CC[C@]1(C)CC(=O)N([C@@H]2C[C@@H](C)c3ccc(C(=O)N[C@@H]4C5=CC=CCC5OC[C@@]4(C)O)cc32)C(N)=N1. The monoisotopic (exact) mass is 492 g/mol. The second-order valence-corrected chi connectivity index (χ2v) is 11.2. The molecule has 2 aliphatic heterocycles. The number of allylic oxidation sites excluding steroid dienone is 2. The number of benzene rings is 1. The Labute approximate surface area is 212 Å². The smallest absolute Gasteiger partial charge is 0.251 e. The molecule has 1 fully saturated rings. The summed E-state index contributed by atoms with van der Waals surface area (Å²) in [5.41, 5.74) is 8.03. The lowest BCUT2D eigenvalue weighted by atomic mass is 9.82. The number of hydrogen-bond acceptors (Lipinski definition) is 6. The summed E-state index contributed by atoms with van der Waals surface area (Å²) in [4.78, 5) is 32.9. The summed E-state index contributed by atoms with van der Waals surface area (Å²) in [5.74, 6) is 0.159. The minimum absolute atomic E-state index is 0.0339. The van der Waals surface area contributed by atoms with E-state index in [9.17, 15) is 14.7 Å². The van der Waals surface area contributed by atoms with Crippen molar-refractivity contribution in [1.29, 1.82) is 0 Å². The Morgan fingerprint density at radius 3 is 2.83 bits per heavy atom. The Balaban J connectivity index is 1.44. The summed E-state index contributed by atoms with van der Waals surface area (Å²) in [6.45, 7) is 7.91. The molecule has 2 aliphatic carbocycles. The first kappa shape index (κ1) is 24.7. The van der Waals surface area contributed by atoms with Gasteiger partial charge in [-0.25, -0.2) is 4.99 Å². The van der Waals surface area contributed by atoms with Crippen LogP contribution in [-0.2, 0) is 9.53 Å². The van der Waals surface area contributed by atoms with E-state index in [1.807, 2.05) is 50.3 Å². The van der Waals surface area contributed by atoms with Crippen molar-refractivity contribution < 1.29 is 19.4 Å². The van der Waals surface area contributed by atoms with Crippen LogP contribution in [0, 0.1) is 0 Å². The highest BCUT2D eigenvalue weighted by Crippen LogP contribution is 2.45. The molecule has 192 valence electrons. The molecule has 36 heavy (non-hydrogen) atoms. The molecular formula is C28H36N4O4. The van der Waals surface area contributed by atoms with Gasteiger partial charge in [0.25, 0.3) is 5.91 Å². The van der Waals surface area contributed by atoms with Crippen LogP contribution in [0.15, 0.2) is 47.0 Å². The first-order chi connectivity index (χ1) is 17.0. The van der Waals surface area contributed by atoms with Crippen LogP contribution in [0.25, 0.3) is 0 Å². The van der Waals surface area contributed by atoms with E-state index in [2.05, 4.69) is 17.2 Å². The lowest BCUT2D eigenvalue weighted by Gasteiger charge is -2.43. The molecule has 0 bridgehead atoms. The third-order valence-corrected chi connectivity index (χ3v) is 8.28. The fourth-order valence-electron chi connectivity index (χ4n) is 5.97. The van der Waals surface area contributed by atoms with E-state index in [0.29, 0.717) is 12.0 Å². The molecule has 2 heterocycles. The summed E-state index contributed by atoms with van der Waals surface area (Å²) >= 11 is 0. The van der Waals surface area contributed by atoms with Crippen molar-refractivity contribution in [2.45, 2.75) is 88.6 Å². The maximum atomic E-state index is 13.5. The molecule has 1 saturated heterocycles. The van der Waals surface area contributed by atoms with Gasteiger partial charge in [-0.2, -0.15) is 0 Å². The van der Waals surface area contributed by atoms with E-state index in [1.54, 1.807) is 11.8 Å². The van der Waals surface area contributed by atoms with Crippen LogP contribution in [0.5, 0.6) is 0 Å². The number of guanidine groups is 1. The number of carbonyl (C=O) groups excluding carboxylic acids is 2. The minimum atomic E-state index is -1.23. The van der Waals surface area contributed by atoms with Crippen LogP contribution in [0.3, 0.4) is 0 Å². The largest absolute Gasteiger partial charge is 0.385 e. The molecule has 1 aromatic carbocycles. The van der Waals surface area contributed by atoms with E-state index in [4.69, 9.17) is 10.5 Å². The topological polar surface area (TPSA) is 117 Å². The molecule has 0 saturated carbocycles. The average molecular weight is 493 g/mol. The number of nitrogens with zero attached hydrogens (tertiary/aromatic N) is 2. The molecule has 5 rings (SSSR count). The minimum Gasteiger partial charge on any atom is -0.385 e. The summed E-state index contributed by atoms with van der Waals surface area (Å²) in [7, 11) is 0. The number of rotatable bonds is 4. The summed E-state index contributed by atoms with van der Waals surface area (Å²) < 4.78 is 5.83. The standard InChI is InChI=1S/C28H36N4O4/c1-5-27(3)14-23(33)32(26(29)31-27)21-12-16(2)18-11-10-17(13-20(18)21)25(34)30-24-19-8-6-7-9-22(19)36-15-28(24,4)35/h6-8,10-11,13,16,21-22,24,35H,5,9,12,14-15H2,1-4H3,(H2,29,31)(H,30,34)/t16-,21-,22?,24-,27-,28-/m1/s1. The van der Waals surface area contributed by atoms with Crippen molar-refractivity contribution in [3.05, 3.63) is 58.7 Å². The first-order valence-corrected chi connectivity index (χ1v) is 12.9. The van der Waals surface area contributed by atoms with Gasteiger partial charge in [0, 0.05) is 5.56 Å². The highest BCUT2D eigenvalue weighted by molar-refractivity contribution is 6.00. The molecule has 2 amide bonds. The number of aliphatic imine (C=N–C) groups is 1. The molecule has 1 aromatic rings. The molecule has 6 atom stereocenters. The van der Waals surface area contributed by atoms with Crippen molar-refractivity contribution >= 4 is 17.8 Å². The van der Waals surface area contributed by atoms with Crippen LogP contribution in [0.4, 0.5) is 0 Å². The maximum Gasteiger partial charge on any atom is 0.251 e. The molecule has 4 N–H and O–H groups in total. The number of hydrogen-bond donors (Lipinski definition) is 3. The molecular weight excluding hydrogens is 456 g/mol. The Bertz CT molecular complexity index is 1190. The van der Waals surface area contributed by atoms with Crippen LogP contribution in [-0.4, -0.2) is 57.7 Å². The third kappa shape index (κ3) is 4.16. The van der Waals surface area contributed by atoms with Gasteiger partial charge in [-0.15, -0.1) is 0 Å².